The van der Waals surface area contributed by atoms with Gasteiger partial charge in [-0.05, 0) is 20.3 Å². The number of methoxy groups -OCH3 is 1. The Morgan fingerprint density at radius 3 is 2.80 bits per heavy atom. The lowest BCUT2D eigenvalue weighted by Gasteiger charge is -2.27. The molecule has 2 aliphatic rings. The topological polar surface area (TPSA) is 47.6 Å². The molecule has 0 aromatic rings. The van der Waals surface area contributed by atoms with Gasteiger partial charge < -0.3 is 14.8 Å². The van der Waals surface area contributed by atoms with E-state index in [-0.39, 0.29) is 22.9 Å². The zero-order valence-electron chi connectivity index (χ0n) is 9.63. The number of hydrogen-bond donors (Lipinski definition) is 1. The summed E-state index contributed by atoms with van der Waals surface area (Å²) in [5.41, 5.74) is -0.158. The Labute approximate surface area is 90.3 Å². The highest BCUT2D eigenvalue weighted by Crippen LogP contribution is 2.46. The Bertz CT molecular complexity index is 277. The third-order valence-corrected chi connectivity index (χ3v) is 3.58. The molecule has 2 rings (SSSR count). The standard InChI is InChI=1S/C11H19NO3/c1-10(2)5-11(7-15-10)6-12-4-8(11)9(13)14-3/h8,12H,4-7H2,1-3H3. The summed E-state index contributed by atoms with van der Waals surface area (Å²) >= 11 is 0. The van der Waals surface area contributed by atoms with Gasteiger partial charge in [0.25, 0.3) is 0 Å². The number of carbonyl (C=O) groups is 1. The predicted octanol–water partition coefficient (Wildman–Crippen LogP) is 0.564. The molecule has 2 heterocycles. The van der Waals surface area contributed by atoms with Gasteiger partial charge in [-0.15, -0.1) is 0 Å². The number of nitrogens with one attached hydrogen (secondary N) is 1. The normalized spacial score (nSPS) is 38.5. The van der Waals surface area contributed by atoms with Gasteiger partial charge in [0.05, 0.1) is 25.2 Å². The van der Waals surface area contributed by atoms with Crippen LogP contribution in [0.5, 0.6) is 0 Å². The zero-order valence-corrected chi connectivity index (χ0v) is 9.63. The van der Waals surface area contributed by atoms with Gasteiger partial charge in [0.15, 0.2) is 0 Å². The first-order chi connectivity index (χ1) is 6.99. The Morgan fingerprint density at radius 1 is 1.53 bits per heavy atom. The van der Waals surface area contributed by atoms with Crippen LogP contribution in [0.3, 0.4) is 0 Å². The fraction of sp³-hybridized carbons (Fsp3) is 0.909. The smallest absolute Gasteiger partial charge is 0.310 e. The molecule has 15 heavy (non-hydrogen) atoms. The minimum atomic E-state index is -0.113. The number of rotatable bonds is 1. The van der Waals surface area contributed by atoms with E-state index < -0.39 is 0 Å². The first kappa shape index (κ1) is 10.9. The highest BCUT2D eigenvalue weighted by Gasteiger charge is 2.54. The molecule has 0 amide bonds. The highest BCUT2D eigenvalue weighted by molar-refractivity contribution is 5.74. The van der Waals surface area contributed by atoms with Crippen LogP contribution in [0.4, 0.5) is 0 Å². The van der Waals surface area contributed by atoms with Gasteiger partial charge in [0.1, 0.15) is 0 Å². The second kappa shape index (κ2) is 3.46. The van der Waals surface area contributed by atoms with E-state index in [1.54, 1.807) is 0 Å². The van der Waals surface area contributed by atoms with Crippen LogP contribution in [-0.4, -0.2) is 38.4 Å². The summed E-state index contributed by atoms with van der Waals surface area (Å²) in [5, 5.41) is 3.28. The van der Waals surface area contributed by atoms with Crippen LogP contribution in [0.25, 0.3) is 0 Å². The summed E-state index contributed by atoms with van der Waals surface area (Å²) in [4.78, 5) is 11.7. The van der Waals surface area contributed by atoms with Gasteiger partial charge in [0.2, 0.25) is 0 Å². The number of esters is 1. The molecule has 0 saturated carbocycles. The van der Waals surface area contributed by atoms with Crippen molar-refractivity contribution in [2.24, 2.45) is 11.3 Å². The Morgan fingerprint density at radius 2 is 2.27 bits per heavy atom. The quantitative estimate of drug-likeness (QED) is 0.647. The summed E-state index contributed by atoms with van der Waals surface area (Å²) in [7, 11) is 1.45. The van der Waals surface area contributed by atoms with Crippen molar-refractivity contribution in [3.8, 4) is 0 Å². The third kappa shape index (κ3) is 1.76. The predicted molar refractivity (Wildman–Crippen MR) is 55.5 cm³/mol. The lowest BCUT2D eigenvalue weighted by molar-refractivity contribution is -0.148. The van der Waals surface area contributed by atoms with Crippen molar-refractivity contribution in [3.63, 3.8) is 0 Å². The molecular weight excluding hydrogens is 194 g/mol. The molecule has 0 aromatic heterocycles. The van der Waals surface area contributed by atoms with E-state index in [1.807, 2.05) is 0 Å². The van der Waals surface area contributed by atoms with Crippen LogP contribution in [-0.2, 0) is 14.3 Å². The third-order valence-electron chi connectivity index (χ3n) is 3.58. The average molecular weight is 213 g/mol. The molecule has 0 aliphatic carbocycles. The van der Waals surface area contributed by atoms with E-state index in [4.69, 9.17) is 9.47 Å². The van der Waals surface area contributed by atoms with Crippen molar-refractivity contribution in [2.75, 3.05) is 26.8 Å². The second-order valence-corrected chi connectivity index (χ2v) is 5.29. The van der Waals surface area contributed by atoms with Crippen LogP contribution in [0.15, 0.2) is 0 Å². The number of ether oxygens (including phenoxy) is 2. The van der Waals surface area contributed by atoms with Crippen LogP contribution >= 0.6 is 0 Å². The van der Waals surface area contributed by atoms with E-state index >= 15 is 0 Å². The molecule has 2 aliphatic heterocycles. The monoisotopic (exact) mass is 213 g/mol. The highest BCUT2D eigenvalue weighted by atomic mass is 16.5. The molecule has 2 fully saturated rings. The molecule has 1 spiro atoms. The molecule has 86 valence electrons. The molecule has 1 N–H and O–H groups in total. The van der Waals surface area contributed by atoms with Gasteiger partial charge in [-0.3, -0.25) is 4.79 Å². The van der Waals surface area contributed by atoms with E-state index in [1.165, 1.54) is 7.11 Å². The summed E-state index contributed by atoms with van der Waals surface area (Å²) in [6.45, 7) is 6.39. The van der Waals surface area contributed by atoms with Crippen molar-refractivity contribution in [1.29, 1.82) is 0 Å². The summed E-state index contributed by atoms with van der Waals surface area (Å²) in [5.74, 6) is -0.162. The van der Waals surface area contributed by atoms with Gasteiger partial charge >= 0.3 is 5.97 Å². The largest absolute Gasteiger partial charge is 0.469 e. The minimum absolute atomic E-state index is 0.0450. The van der Waals surface area contributed by atoms with Gasteiger partial charge in [-0.1, -0.05) is 0 Å². The fourth-order valence-electron chi connectivity index (χ4n) is 2.91. The average Bonchev–Trinajstić information content (AvgIpc) is 2.70. The molecule has 2 unspecified atom stereocenters. The van der Waals surface area contributed by atoms with E-state index in [0.29, 0.717) is 13.2 Å². The maximum atomic E-state index is 11.7. The van der Waals surface area contributed by atoms with Crippen molar-refractivity contribution >= 4 is 5.97 Å². The van der Waals surface area contributed by atoms with Gasteiger partial charge in [-0.2, -0.15) is 0 Å². The number of hydrogen-bond acceptors (Lipinski definition) is 4. The molecular formula is C11H19NO3. The molecule has 0 aromatic carbocycles. The van der Waals surface area contributed by atoms with Crippen LogP contribution in [0.1, 0.15) is 20.3 Å². The minimum Gasteiger partial charge on any atom is -0.469 e. The van der Waals surface area contributed by atoms with Crippen molar-refractivity contribution in [3.05, 3.63) is 0 Å². The maximum absolute atomic E-state index is 11.7. The van der Waals surface area contributed by atoms with Crippen molar-refractivity contribution in [2.45, 2.75) is 25.9 Å². The maximum Gasteiger partial charge on any atom is 0.310 e. The fourth-order valence-corrected chi connectivity index (χ4v) is 2.91. The first-order valence-electron chi connectivity index (χ1n) is 5.42. The first-order valence-corrected chi connectivity index (χ1v) is 5.42. The van der Waals surface area contributed by atoms with Crippen LogP contribution < -0.4 is 5.32 Å². The molecule has 0 radical (unpaired) electrons. The molecule has 2 atom stereocenters. The SMILES string of the molecule is COC(=O)C1CNCC12COC(C)(C)C2. The van der Waals surface area contributed by atoms with Crippen molar-refractivity contribution < 1.29 is 14.3 Å². The van der Waals surface area contributed by atoms with Crippen molar-refractivity contribution in [1.82, 2.24) is 5.32 Å². The summed E-state index contributed by atoms with van der Waals surface area (Å²) < 4.78 is 10.6. The second-order valence-electron chi connectivity index (χ2n) is 5.29. The Kier molecular flexibility index (Phi) is 2.51. The van der Waals surface area contributed by atoms with E-state index in [9.17, 15) is 4.79 Å². The zero-order chi connectivity index (χ0) is 11.1. The molecule has 4 heteroatoms. The lowest BCUT2D eigenvalue weighted by Crippen LogP contribution is -2.37. The lowest BCUT2D eigenvalue weighted by atomic mass is 9.74. The van der Waals surface area contributed by atoms with Gasteiger partial charge in [-0.25, -0.2) is 0 Å². The van der Waals surface area contributed by atoms with Crippen LogP contribution in [0.2, 0.25) is 0 Å². The van der Waals surface area contributed by atoms with Gasteiger partial charge in [0, 0.05) is 18.5 Å². The summed E-state index contributed by atoms with van der Waals surface area (Å²) in [6, 6.07) is 0. The van der Waals surface area contributed by atoms with E-state index in [2.05, 4.69) is 19.2 Å². The molecule has 0 bridgehead atoms. The Hall–Kier alpha value is -0.610. The Balaban J connectivity index is 2.17. The summed E-state index contributed by atoms with van der Waals surface area (Å²) in [6.07, 6.45) is 0.923. The molecule has 4 nitrogen and oxygen atoms in total. The molecule has 2 saturated heterocycles. The number of carbonyl (C=O) groups excluding carboxylic acids is 1. The van der Waals surface area contributed by atoms with E-state index in [0.717, 1.165) is 13.0 Å². The van der Waals surface area contributed by atoms with Crippen LogP contribution in [0, 0.1) is 11.3 Å².